The lowest BCUT2D eigenvalue weighted by atomic mass is 10.0. The van der Waals surface area contributed by atoms with E-state index in [0.717, 1.165) is 6.42 Å². The number of fused-ring (bicyclic) bond motifs is 1. The van der Waals surface area contributed by atoms with E-state index in [2.05, 4.69) is 59.3 Å². The Morgan fingerprint density at radius 2 is 1.94 bits per heavy atom. The van der Waals surface area contributed by atoms with Gasteiger partial charge in [0.2, 0.25) is 0 Å². The van der Waals surface area contributed by atoms with Crippen molar-refractivity contribution < 1.29 is 0 Å². The molecular weight excluding hydrogens is 304 g/mol. The van der Waals surface area contributed by atoms with Crippen molar-refractivity contribution in [2.45, 2.75) is 31.0 Å². The molecule has 0 N–H and O–H groups in total. The first kappa shape index (κ1) is 12.4. The summed E-state index contributed by atoms with van der Waals surface area (Å²) in [5.74, 6) is 0.714. The maximum absolute atomic E-state index is 3.89. The Kier molecular flexibility index (Phi) is 3.58. The van der Waals surface area contributed by atoms with Gasteiger partial charge in [0.25, 0.3) is 0 Å². The molecular formula is C16H17BrS. The number of hydrogen-bond acceptors (Lipinski definition) is 1. The molecule has 0 saturated heterocycles. The molecule has 0 bridgehead atoms. The van der Waals surface area contributed by atoms with Crippen LogP contribution in [-0.4, -0.2) is 0 Å². The van der Waals surface area contributed by atoms with Crippen LogP contribution in [0.1, 0.15) is 32.6 Å². The summed E-state index contributed by atoms with van der Waals surface area (Å²) in [5, 5.41) is 0. The second-order valence-corrected chi connectivity index (χ2v) is 7.23. The highest BCUT2D eigenvalue weighted by Crippen LogP contribution is 2.44. The maximum atomic E-state index is 3.89. The first-order valence-corrected chi connectivity index (χ1v) is 8.30. The van der Waals surface area contributed by atoms with Crippen LogP contribution in [0.15, 0.2) is 36.4 Å². The Morgan fingerprint density at radius 1 is 1.17 bits per heavy atom. The lowest BCUT2D eigenvalue weighted by molar-refractivity contribution is 0.560. The van der Waals surface area contributed by atoms with Crippen LogP contribution in [0.25, 0.3) is 0 Å². The van der Waals surface area contributed by atoms with Gasteiger partial charge in [-0.1, -0.05) is 47.1 Å². The van der Waals surface area contributed by atoms with Crippen LogP contribution in [0.2, 0.25) is 0 Å². The van der Waals surface area contributed by atoms with Gasteiger partial charge in [-0.05, 0) is 48.4 Å². The Bertz CT molecular complexity index is 544. The van der Waals surface area contributed by atoms with Crippen molar-refractivity contribution in [1.29, 1.82) is 0 Å². The Balaban J connectivity index is 1.76. The lowest BCUT2D eigenvalue weighted by Crippen LogP contribution is -2.05. The fourth-order valence-electron chi connectivity index (χ4n) is 2.79. The number of thiophene rings is 1. The summed E-state index contributed by atoms with van der Waals surface area (Å²) in [6.45, 7) is 2.23. The molecule has 0 amide bonds. The molecule has 1 heterocycles. The van der Waals surface area contributed by atoms with E-state index in [0.29, 0.717) is 10.7 Å². The molecule has 1 aromatic heterocycles. The zero-order valence-electron chi connectivity index (χ0n) is 10.5. The lowest BCUT2D eigenvalue weighted by Gasteiger charge is -2.13. The molecule has 0 fully saturated rings. The van der Waals surface area contributed by atoms with E-state index in [-0.39, 0.29) is 0 Å². The number of alkyl halides is 1. The van der Waals surface area contributed by atoms with E-state index in [9.17, 15) is 0 Å². The van der Waals surface area contributed by atoms with Crippen molar-refractivity contribution >= 4 is 27.3 Å². The van der Waals surface area contributed by atoms with Crippen LogP contribution in [0.4, 0.5) is 0 Å². The summed E-state index contributed by atoms with van der Waals surface area (Å²) in [7, 11) is 0. The number of hydrogen-bond donors (Lipinski definition) is 0. The maximum Gasteiger partial charge on any atom is 0.0432 e. The van der Waals surface area contributed by atoms with Gasteiger partial charge in [-0.15, -0.1) is 11.3 Å². The van der Waals surface area contributed by atoms with Crippen LogP contribution in [0.5, 0.6) is 0 Å². The Labute approximate surface area is 121 Å². The van der Waals surface area contributed by atoms with Crippen LogP contribution in [-0.2, 0) is 19.3 Å². The van der Waals surface area contributed by atoms with Gasteiger partial charge < -0.3 is 0 Å². The molecule has 2 heteroatoms. The molecule has 1 aliphatic carbocycles. The van der Waals surface area contributed by atoms with Crippen molar-refractivity contribution in [2.75, 3.05) is 0 Å². The minimum atomic E-state index is 0.529. The number of aryl methyl sites for hydroxylation is 1. The van der Waals surface area contributed by atoms with E-state index in [1.54, 1.807) is 0 Å². The minimum absolute atomic E-state index is 0.529. The first-order chi connectivity index (χ1) is 8.78. The molecule has 0 nitrogen and oxygen atoms in total. The van der Waals surface area contributed by atoms with Gasteiger partial charge in [-0.25, -0.2) is 0 Å². The van der Waals surface area contributed by atoms with Crippen LogP contribution < -0.4 is 0 Å². The highest BCUT2D eigenvalue weighted by molar-refractivity contribution is 9.09. The molecule has 0 radical (unpaired) electrons. The highest BCUT2D eigenvalue weighted by Gasteiger charge is 2.30. The van der Waals surface area contributed by atoms with Gasteiger partial charge in [0.1, 0.15) is 0 Å². The Morgan fingerprint density at radius 3 is 2.67 bits per heavy atom. The van der Waals surface area contributed by atoms with Gasteiger partial charge in [0, 0.05) is 14.6 Å². The normalized spacial score (nSPS) is 22.1. The van der Waals surface area contributed by atoms with Crippen molar-refractivity contribution in [3.8, 4) is 0 Å². The monoisotopic (exact) mass is 320 g/mol. The molecule has 3 rings (SSSR count). The summed E-state index contributed by atoms with van der Waals surface area (Å²) >= 11 is 5.87. The molecule has 2 aromatic rings. The zero-order valence-corrected chi connectivity index (χ0v) is 12.9. The summed E-state index contributed by atoms with van der Waals surface area (Å²) in [6, 6.07) is 13.4. The van der Waals surface area contributed by atoms with Crippen molar-refractivity contribution in [3.63, 3.8) is 0 Å². The molecule has 0 aliphatic heterocycles. The standard InChI is InChI=1S/C16H17BrS/c1-2-13-7-8-14(18-13)10-12-9-11-5-3-4-6-15(11)16(12)17/h3-8,12,16H,2,9-10H2,1H3. The summed E-state index contributed by atoms with van der Waals surface area (Å²) in [4.78, 5) is 3.57. The van der Waals surface area contributed by atoms with E-state index < -0.39 is 0 Å². The molecule has 1 aromatic carbocycles. The fraction of sp³-hybridized carbons (Fsp3) is 0.375. The summed E-state index contributed by atoms with van der Waals surface area (Å²) in [5.41, 5.74) is 3.02. The van der Waals surface area contributed by atoms with E-state index in [4.69, 9.17) is 0 Å². The average Bonchev–Trinajstić information content (AvgIpc) is 2.97. The molecule has 1 aliphatic rings. The van der Waals surface area contributed by atoms with Crippen LogP contribution >= 0.6 is 27.3 Å². The Hall–Kier alpha value is -0.600. The fourth-order valence-corrected chi connectivity index (χ4v) is 4.66. The molecule has 94 valence electrons. The first-order valence-electron chi connectivity index (χ1n) is 6.57. The average molecular weight is 321 g/mol. The van der Waals surface area contributed by atoms with Gasteiger partial charge in [0.15, 0.2) is 0 Å². The van der Waals surface area contributed by atoms with E-state index in [1.165, 1.54) is 33.7 Å². The molecule has 0 spiro atoms. The molecule has 2 unspecified atom stereocenters. The third-order valence-electron chi connectivity index (χ3n) is 3.78. The van der Waals surface area contributed by atoms with E-state index in [1.807, 2.05) is 11.3 Å². The van der Waals surface area contributed by atoms with Crippen LogP contribution in [0.3, 0.4) is 0 Å². The van der Waals surface area contributed by atoms with Gasteiger partial charge in [-0.3, -0.25) is 0 Å². The van der Waals surface area contributed by atoms with Gasteiger partial charge >= 0.3 is 0 Å². The number of benzene rings is 1. The smallest absolute Gasteiger partial charge is 0.0432 e. The second kappa shape index (κ2) is 5.18. The second-order valence-electron chi connectivity index (χ2n) is 4.99. The van der Waals surface area contributed by atoms with Crippen molar-refractivity contribution in [3.05, 3.63) is 57.3 Å². The molecule has 18 heavy (non-hydrogen) atoms. The molecule has 2 atom stereocenters. The summed E-state index contributed by atoms with van der Waals surface area (Å²) < 4.78 is 0. The third kappa shape index (κ3) is 2.28. The third-order valence-corrected chi connectivity index (χ3v) is 6.27. The minimum Gasteiger partial charge on any atom is -0.145 e. The topological polar surface area (TPSA) is 0 Å². The number of rotatable bonds is 3. The van der Waals surface area contributed by atoms with E-state index >= 15 is 0 Å². The van der Waals surface area contributed by atoms with Crippen LogP contribution in [0, 0.1) is 5.92 Å². The zero-order chi connectivity index (χ0) is 12.5. The van der Waals surface area contributed by atoms with Crippen molar-refractivity contribution in [2.24, 2.45) is 5.92 Å². The van der Waals surface area contributed by atoms with Gasteiger partial charge in [0.05, 0.1) is 0 Å². The molecule has 0 saturated carbocycles. The predicted molar refractivity (Wildman–Crippen MR) is 82.7 cm³/mol. The largest absolute Gasteiger partial charge is 0.145 e. The number of halogens is 1. The summed E-state index contributed by atoms with van der Waals surface area (Å²) in [6.07, 6.45) is 3.58. The predicted octanol–water partition coefficient (Wildman–Crippen LogP) is 5.16. The SMILES string of the molecule is CCc1ccc(CC2Cc3ccccc3C2Br)s1. The highest BCUT2D eigenvalue weighted by atomic mass is 79.9. The van der Waals surface area contributed by atoms with Gasteiger partial charge in [-0.2, -0.15) is 0 Å². The van der Waals surface area contributed by atoms with Crippen molar-refractivity contribution in [1.82, 2.24) is 0 Å². The quantitative estimate of drug-likeness (QED) is 0.685.